The average molecular weight is 473 g/mol. The lowest BCUT2D eigenvalue weighted by molar-refractivity contribution is -0.179. The number of carbonyl (C=O) groups excluding carboxylic acids is 1. The second-order valence-corrected chi connectivity index (χ2v) is 14.2. The molecule has 8 unspecified atom stereocenters. The molecule has 34 heavy (non-hydrogen) atoms. The van der Waals surface area contributed by atoms with E-state index in [0.29, 0.717) is 18.6 Å². The first-order valence-electron chi connectivity index (χ1n) is 13.5. The Balaban J connectivity index is 1.71. The van der Waals surface area contributed by atoms with E-state index in [2.05, 4.69) is 40.7 Å². The Bertz CT molecular complexity index is 905. The quantitative estimate of drug-likeness (QED) is 0.466. The van der Waals surface area contributed by atoms with E-state index in [1.807, 2.05) is 13.0 Å². The van der Waals surface area contributed by atoms with E-state index in [1.54, 1.807) is 19.9 Å². The zero-order valence-electron chi connectivity index (χ0n) is 22.7. The van der Waals surface area contributed by atoms with Gasteiger partial charge in [-0.05, 0) is 87.9 Å². The predicted octanol–water partition coefficient (Wildman–Crippen LogP) is 5.60. The monoisotopic (exact) mass is 472 g/mol. The van der Waals surface area contributed by atoms with Crippen LogP contribution in [0.4, 0.5) is 0 Å². The molecule has 0 saturated heterocycles. The van der Waals surface area contributed by atoms with E-state index in [9.17, 15) is 20.1 Å². The van der Waals surface area contributed by atoms with Gasteiger partial charge in [0.15, 0.2) is 0 Å². The summed E-state index contributed by atoms with van der Waals surface area (Å²) >= 11 is 0. The molecule has 8 atom stereocenters. The average Bonchev–Trinajstić information content (AvgIpc) is 2.96. The Morgan fingerprint density at radius 1 is 1.03 bits per heavy atom. The molecule has 0 spiro atoms. The van der Waals surface area contributed by atoms with Crippen LogP contribution < -0.4 is 0 Å². The van der Waals surface area contributed by atoms with Crippen molar-refractivity contribution in [3.63, 3.8) is 0 Å². The van der Waals surface area contributed by atoms with Gasteiger partial charge in [-0.15, -0.1) is 0 Å². The topological polar surface area (TPSA) is 77.8 Å². The second-order valence-electron chi connectivity index (χ2n) is 14.2. The highest BCUT2D eigenvalue weighted by Gasteiger charge is 2.71. The minimum absolute atomic E-state index is 0.0277. The molecule has 4 rings (SSSR count). The number of ketones is 1. The molecule has 0 aromatic heterocycles. The first kappa shape index (κ1) is 26.1. The third-order valence-corrected chi connectivity index (χ3v) is 11.4. The highest BCUT2D eigenvalue weighted by Crippen LogP contribution is 2.74. The van der Waals surface area contributed by atoms with Crippen molar-refractivity contribution in [2.45, 2.75) is 118 Å². The largest absolute Gasteiger partial charge is 0.392 e. The summed E-state index contributed by atoms with van der Waals surface area (Å²) in [5.41, 5.74) is -1.54. The highest BCUT2D eigenvalue weighted by molar-refractivity contribution is 5.88. The van der Waals surface area contributed by atoms with Crippen LogP contribution >= 0.6 is 0 Å². The predicted molar refractivity (Wildman–Crippen MR) is 136 cm³/mol. The minimum atomic E-state index is -0.936. The van der Waals surface area contributed by atoms with Gasteiger partial charge in [-0.25, -0.2) is 0 Å². The van der Waals surface area contributed by atoms with Crippen molar-refractivity contribution in [2.75, 3.05) is 0 Å². The molecule has 3 fully saturated rings. The molecule has 0 bridgehead atoms. The third kappa shape index (κ3) is 3.53. The van der Waals surface area contributed by atoms with Crippen LogP contribution in [0.3, 0.4) is 0 Å². The number of aliphatic hydroxyl groups excluding tert-OH is 1. The van der Waals surface area contributed by atoms with Gasteiger partial charge in [0, 0.05) is 17.3 Å². The molecule has 3 N–H and O–H groups in total. The Kier molecular flexibility index (Phi) is 5.96. The molecule has 192 valence electrons. The van der Waals surface area contributed by atoms with Crippen molar-refractivity contribution in [1.82, 2.24) is 0 Å². The number of hydrogen-bond donors (Lipinski definition) is 3. The number of allylic oxidation sites excluding steroid dienone is 1. The van der Waals surface area contributed by atoms with Gasteiger partial charge in [0.1, 0.15) is 5.78 Å². The normalized spacial score (nSPS) is 45.9. The lowest BCUT2D eigenvalue weighted by Crippen LogP contribution is -2.64. The van der Waals surface area contributed by atoms with E-state index in [1.165, 1.54) is 5.57 Å². The van der Waals surface area contributed by atoms with E-state index >= 15 is 0 Å². The fourth-order valence-electron chi connectivity index (χ4n) is 9.15. The number of carbonyl (C=O) groups is 1. The van der Waals surface area contributed by atoms with E-state index in [-0.39, 0.29) is 40.1 Å². The number of rotatable bonds is 4. The Labute approximate surface area is 206 Å². The van der Waals surface area contributed by atoms with Crippen molar-refractivity contribution < 1.29 is 20.1 Å². The molecular formula is C30H48O4. The molecular weight excluding hydrogens is 424 g/mol. The molecule has 0 heterocycles. The zero-order chi connectivity index (χ0) is 25.5. The van der Waals surface area contributed by atoms with Gasteiger partial charge in [0.05, 0.1) is 17.3 Å². The van der Waals surface area contributed by atoms with Gasteiger partial charge in [-0.1, -0.05) is 58.4 Å². The maximum absolute atomic E-state index is 14.2. The first-order valence-corrected chi connectivity index (χ1v) is 13.5. The molecule has 4 aliphatic rings. The summed E-state index contributed by atoms with van der Waals surface area (Å²) in [6, 6.07) is 0. The molecule has 0 aromatic rings. The Morgan fingerprint density at radius 3 is 2.29 bits per heavy atom. The minimum Gasteiger partial charge on any atom is -0.392 e. The van der Waals surface area contributed by atoms with Crippen molar-refractivity contribution in [1.29, 1.82) is 0 Å². The van der Waals surface area contributed by atoms with Crippen LogP contribution in [0.1, 0.15) is 100 Å². The molecule has 0 aromatic carbocycles. The van der Waals surface area contributed by atoms with Crippen LogP contribution in [-0.2, 0) is 4.79 Å². The van der Waals surface area contributed by atoms with Crippen molar-refractivity contribution >= 4 is 5.78 Å². The highest BCUT2D eigenvalue weighted by atomic mass is 16.3. The third-order valence-electron chi connectivity index (χ3n) is 11.4. The van der Waals surface area contributed by atoms with Gasteiger partial charge >= 0.3 is 0 Å². The molecule has 4 heteroatoms. The number of hydrogen-bond acceptors (Lipinski definition) is 4. The van der Waals surface area contributed by atoms with Gasteiger partial charge in [0.25, 0.3) is 0 Å². The molecule has 0 aliphatic heterocycles. The summed E-state index contributed by atoms with van der Waals surface area (Å²) in [7, 11) is 0. The van der Waals surface area contributed by atoms with Crippen LogP contribution in [0.25, 0.3) is 0 Å². The Hall–Kier alpha value is -0.970. The van der Waals surface area contributed by atoms with Crippen molar-refractivity contribution in [3.8, 4) is 0 Å². The van der Waals surface area contributed by atoms with E-state index in [0.717, 1.165) is 32.1 Å². The standard InChI is InChI=1S/C30H48O4/c1-25(2,33)15-9-16-29(7,34)21-14-17-27(5)22-12-10-19-20(11-13-23(31)26(19,3)4)30(22,8)24(32)18-28(21,27)6/h9-10,15,20-23,31,33-34H,11-14,16-18H2,1-8H3/b15-9+. The maximum atomic E-state index is 14.2. The Morgan fingerprint density at radius 2 is 1.68 bits per heavy atom. The number of fused-ring (bicyclic) bond motifs is 5. The molecule has 3 saturated carbocycles. The van der Waals surface area contributed by atoms with E-state index in [4.69, 9.17) is 0 Å². The molecule has 4 nitrogen and oxygen atoms in total. The summed E-state index contributed by atoms with van der Waals surface area (Å²) < 4.78 is 0. The first-order chi connectivity index (χ1) is 15.4. The van der Waals surface area contributed by atoms with Crippen LogP contribution in [-0.4, -0.2) is 38.4 Å². The summed E-state index contributed by atoms with van der Waals surface area (Å²) in [5, 5.41) is 32.5. The molecule has 0 amide bonds. The maximum Gasteiger partial charge on any atom is 0.140 e. The van der Waals surface area contributed by atoms with Gasteiger partial charge in [-0.2, -0.15) is 0 Å². The fourth-order valence-corrected chi connectivity index (χ4v) is 9.15. The summed E-state index contributed by atoms with van der Waals surface area (Å²) in [5.74, 6) is 0.835. The van der Waals surface area contributed by atoms with Crippen LogP contribution in [0.5, 0.6) is 0 Å². The summed E-state index contributed by atoms with van der Waals surface area (Å²) in [6.45, 7) is 16.6. The van der Waals surface area contributed by atoms with Crippen LogP contribution in [0.2, 0.25) is 0 Å². The van der Waals surface area contributed by atoms with Crippen molar-refractivity contribution in [2.24, 2.45) is 39.4 Å². The van der Waals surface area contributed by atoms with E-state index < -0.39 is 16.6 Å². The summed E-state index contributed by atoms with van der Waals surface area (Å²) in [6.07, 6.45) is 11.1. The SMILES string of the molecule is CC(C)(O)/C=C/CC(C)(O)C1CCC2(C)C3CC=C4C(CCC(O)C4(C)C)C3(C)C(=O)CC12C. The zero-order valence-corrected chi connectivity index (χ0v) is 22.7. The number of Topliss-reactive ketones (excluding diaryl/α,β-unsaturated/α-hetero) is 1. The van der Waals surface area contributed by atoms with Gasteiger partial charge < -0.3 is 15.3 Å². The molecule has 4 aliphatic carbocycles. The smallest absolute Gasteiger partial charge is 0.140 e. The lowest BCUT2D eigenvalue weighted by atomic mass is 9.38. The number of aliphatic hydroxyl groups is 3. The van der Waals surface area contributed by atoms with Gasteiger partial charge in [0.2, 0.25) is 0 Å². The van der Waals surface area contributed by atoms with Gasteiger partial charge in [-0.3, -0.25) is 4.79 Å². The van der Waals surface area contributed by atoms with Crippen LogP contribution in [0, 0.1) is 39.4 Å². The molecule has 0 radical (unpaired) electrons. The van der Waals surface area contributed by atoms with Crippen molar-refractivity contribution in [3.05, 3.63) is 23.8 Å². The lowest BCUT2D eigenvalue weighted by Gasteiger charge is -2.65. The summed E-state index contributed by atoms with van der Waals surface area (Å²) in [4.78, 5) is 14.2. The second kappa shape index (κ2) is 7.76. The fraction of sp³-hybridized carbons (Fsp3) is 0.833. The van der Waals surface area contributed by atoms with Crippen LogP contribution in [0.15, 0.2) is 23.8 Å².